The third-order valence-electron chi connectivity index (χ3n) is 4.58. The summed E-state index contributed by atoms with van der Waals surface area (Å²) in [5, 5.41) is 24.0. The molecule has 0 saturated carbocycles. The Morgan fingerprint density at radius 1 is 1.34 bits per heavy atom. The van der Waals surface area contributed by atoms with Crippen molar-refractivity contribution in [3.05, 3.63) is 53.9 Å². The molecule has 0 spiro atoms. The average molecular weight is 395 g/mol. The molecule has 2 aromatic rings. The molecule has 0 bridgehead atoms. The largest absolute Gasteiger partial charge is 0.449 e. The Kier molecular flexibility index (Phi) is 7.78. The van der Waals surface area contributed by atoms with Gasteiger partial charge in [0.2, 0.25) is 0 Å². The van der Waals surface area contributed by atoms with Crippen LogP contribution < -0.4 is 0 Å². The Bertz CT molecular complexity index is 842. The van der Waals surface area contributed by atoms with Gasteiger partial charge in [0.25, 0.3) is 0 Å². The molecule has 29 heavy (non-hydrogen) atoms. The van der Waals surface area contributed by atoms with E-state index in [1.165, 1.54) is 0 Å². The Labute approximate surface area is 170 Å². The van der Waals surface area contributed by atoms with Crippen molar-refractivity contribution in [3.63, 3.8) is 0 Å². The Morgan fingerprint density at radius 3 is 3.00 bits per heavy atom. The molecule has 1 aromatic heterocycles. The highest BCUT2D eigenvalue weighted by molar-refractivity contribution is 5.69. The van der Waals surface area contributed by atoms with E-state index in [0.29, 0.717) is 44.7 Å². The first-order valence-electron chi connectivity index (χ1n) is 9.74. The molecule has 0 aliphatic carbocycles. The van der Waals surface area contributed by atoms with Gasteiger partial charge in [-0.1, -0.05) is 53.6 Å². The van der Waals surface area contributed by atoms with Crippen LogP contribution in [0.15, 0.2) is 42.5 Å². The number of aliphatic hydroxyl groups is 1. The maximum Gasteiger partial charge on any atom is 0.411 e. The van der Waals surface area contributed by atoms with Crippen LogP contribution >= 0.6 is 0 Å². The lowest BCUT2D eigenvalue weighted by Crippen LogP contribution is -2.44. The minimum Gasteiger partial charge on any atom is -0.449 e. The summed E-state index contributed by atoms with van der Waals surface area (Å²) in [6.07, 6.45) is 6.10. The van der Waals surface area contributed by atoms with Gasteiger partial charge < -0.3 is 9.84 Å². The number of nitrogens with one attached hydrogen (secondary N) is 1. The summed E-state index contributed by atoms with van der Waals surface area (Å²) in [5.74, 6) is 6.78. The number of carbonyl (C=O) groups is 1. The number of hydrogen-bond acceptors (Lipinski definition) is 6. The lowest BCUT2D eigenvalue weighted by molar-refractivity contribution is 0.0618. The number of H-pyrrole nitrogens is 1. The fourth-order valence-corrected chi connectivity index (χ4v) is 3.06. The summed E-state index contributed by atoms with van der Waals surface area (Å²) >= 11 is 0. The highest BCUT2D eigenvalue weighted by atomic mass is 16.6. The SMILES string of the molecule is O=C1OCCC(/C=C/C(O)Cc2ccccc2)N1CC#CCCCc1nn[nH]n1. The number of cyclic esters (lactones) is 1. The molecule has 2 unspecified atom stereocenters. The number of aliphatic hydroxyl groups excluding tert-OH is 1. The molecule has 152 valence electrons. The van der Waals surface area contributed by atoms with E-state index in [0.717, 1.165) is 12.0 Å². The van der Waals surface area contributed by atoms with Crippen LogP contribution in [-0.4, -0.2) is 62.0 Å². The minimum absolute atomic E-state index is 0.129. The van der Waals surface area contributed by atoms with E-state index in [2.05, 4.69) is 32.5 Å². The maximum atomic E-state index is 12.1. The van der Waals surface area contributed by atoms with Crippen molar-refractivity contribution in [2.45, 2.75) is 44.2 Å². The van der Waals surface area contributed by atoms with E-state index in [9.17, 15) is 9.90 Å². The number of hydrogen-bond donors (Lipinski definition) is 2. The van der Waals surface area contributed by atoms with E-state index in [-0.39, 0.29) is 12.1 Å². The van der Waals surface area contributed by atoms with Crippen molar-refractivity contribution in [2.75, 3.05) is 13.2 Å². The summed E-state index contributed by atoms with van der Waals surface area (Å²) < 4.78 is 5.15. The van der Waals surface area contributed by atoms with Gasteiger partial charge in [0.1, 0.15) is 0 Å². The molecule has 1 fully saturated rings. The second kappa shape index (κ2) is 11.0. The van der Waals surface area contributed by atoms with Crippen LogP contribution in [0.3, 0.4) is 0 Å². The number of ether oxygens (including phenoxy) is 1. The number of amides is 1. The van der Waals surface area contributed by atoms with Crippen molar-refractivity contribution >= 4 is 6.09 Å². The first-order valence-corrected chi connectivity index (χ1v) is 9.74. The van der Waals surface area contributed by atoms with E-state index in [4.69, 9.17) is 4.74 Å². The van der Waals surface area contributed by atoms with Crippen LogP contribution in [0.25, 0.3) is 0 Å². The Hall–Kier alpha value is -3.18. The average Bonchev–Trinajstić information content (AvgIpc) is 3.24. The van der Waals surface area contributed by atoms with Crippen molar-refractivity contribution in [1.82, 2.24) is 25.5 Å². The quantitative estimate of drug-likeness (QED) is 0.402. The van der Waals surface area contributed by atoms with Gasteiger partial charge in [-0.05, 0) is 12.0 Å². The van der Waals surface area contributed by atoms with Crippen molar-refractivity contribution in [3.8, 4) is 11.8 Å². The zero-order valence-electron chi connectivity index (χ0n) is 16.2. The molecule has 3 rings (SSSR count). The highest BCUT2D eigenvalue weighted by Gasteiger charge is 2.27. The normalized spacial score (nSPS) is 17.6. The number of aromatic amines is 1. The number of benzene rings is 1. The topological polar surface area (TPSA) is 104 Å². The Morgan fingerprint density at radius 2 is 2.21 bits per heavy atom. The van der Waals surface area contributed by atoms with Crippen molar-refractivity contribution < 1.29 is 14.6 Å². The van der Waals surface area contributed by atoms with Crippen LogP contribution in [0.4, 0.5) is 4.79 Å². The molecular weight excluding hydrogens is 370 g/mol. The molecule has 8 nitrogen and oxygen atoms in total. The molecule has 1 saturated heterocycles. The monoisotopic (exact) mass is 395 g/mol. The lowest BCUT2D eigenvalue weighted by Gasteiger charge is -2.31. The van der Waals surface area contributed by atoms with Gasteiger partial charge in [-0.15, -0.1) is 16.1 Å². The zero-order chi connectivity index (χ0) is 20.3. The predicted octanol–water partition coefficient (Wildman–Crippen LogP) is 1.90. The second-order valence-electron chi connectivity index (χ2n) is 6.78. The molecular formula is C21H25N5O3. The number of unbranched alkanes of at least 4 members (excludes halogenated alkanes) is 1. The lowest BCUT2D eigenvalue weighted by atomic mass is 10.1. The smallest absolute Gasteiger partial charge is 0.411 e. The van der Waals surface area contributed by atoms with E-state index >= 15 is 0 Å². The van der Waals surface area contributed by atoms with Crippen LogP contribution in [-0.2, 0) is 17.6 Å². The van der Waals surface area contributed by atoms with Crippen LogP contribution in [0.1, 0.15) is 30.7 Å². The van der Waals surface area contributed by atoms with Gasteiger partial charge in [0.05, 0.1) is 25.3 Å². The fraction of sp³-hybridized carbons (Fsp3) is 0.429. The number of carbonyl (C=O) groups excluding carboxylic acids is 1. The first-order chi connectivity index (χ1) is 14.2. The molecule has 0 radical (unpaired) electrons. The highest BCUT2D eigenvalue weighted by Crippen LogP contribution is 2.15. The van der Waals surface area contributed by atoms with E-state index in [1.54, 1.807) is 11.0 Å². The molecule has 2 atom stereocenters. The summed E-state index contributed by atoms with van der Waals surface area (Å²) in [4.78, 5) is 13.7. The van der Waals surface area contributed by atoms with Crippen LogP contribution in [0.2, 0.25) is 0 Å². The van der Waals surface area contributed by atoms with Gasteiger partial charge in [0.15, 0.2) is 5.82 Å². The third kappa shape index (κ3) is 6.73. The summed E-state index contributed by atoms with van der Waals surface area (Å²) in [5.41, 5.74) is 1.07. The molecule has 1 amide bonds. The number of aromatic nitrogens is 4. The molecule has 2 N–H and O–H groups in total. The van der Waals surface area contributed by atoms with Gasteiger partial charge in [-0.25, -0.2) is 4.79 Å². The number of tetrazole rings is 1. The molecule has 2 heterocycles. The van der Waals surface area contributed by atoms with Gasteiger partial charge in [-0.2, -0.15) is 5.21 Å². The summed E-state index contributed by atoms with van der Waals surface area (Å²) in [6.45, 7) is 0.669. The molecule has 1 aliphatic heterocycles. The van der Waals surface area contributed by atoms with Crippen molar-refractivity contribution in [2.24, 2.45) is 0 Å². The minimum atomic E-state index is -0.603. The first kappa shape index (κ1) is 20.6. The molecule has 1 aromatic carbocycles. The van der Waals surface area contributed by atoms with Crippen LogP contribution in [0.5, 0.6) is 0 Å². The van der Waals surface area contributed by atoms with Gasteiger partial charge in [0, 0.05) is 25.7 Å². The van der Waals surface area contributed by atoms with E-state index in [1.807, 2.05) is 36.4 Å². The van der Waals surface area contributed by atoms with Crippen LogP contribution in [0, 0.1) is 11.8 Å². The van der Waals surface area contributed by atoms with Gasteiger partial charge >= 0.3 is 6.09 Å². The number of nitrogens with zero attached hydrogens (tertiary/aromatic N) is 4. The second-order valence-corrected chi connectivity index (χ2v) is 6.78. The molecule has 1 aliphatic rings. The third-order valence-corrected chi connectivity index (χ3v) is 4.58. The zero-order valence-corrected chi connectivity index (χ0v) is 16.2. The van der Waals surface area contributed by atoms with Gasteiger partial charge in [-0.3, -0.25) is 4.90 Å². The predicted molar refractivity (Wildman–Crippen MR) is 107 cm³/mol. The summed E-state index contributed by atoms with van der Waals surface area (Å²) in [7, 11) is 0. The maximum absolute atomic E-state index is 12.1. The van der Waals surface area contributed by atoms with E-state index < -0.39 is 6.10 Å². The van der Waals surface area contributed by atoms with Crippen molar-refractivity contribution in [1.29, 1.82) is 0 Å². The molecule has 8 heteroatoms. The number of aryl methyl sites for hydroxylation is 1. The number of rotatable bonds is 8. The Balaban J connectivity index is 1.48. The summed E-state index contributed by atoms with van der Waals surface area (Å²) in [6, 6.07) is 9.68. The standard InChI is InChI=1S/C21H25N5O3/c27-19(16-17-8-4-3-5-9-17)12-11-18-13-15-29-21(28)26(18)14-7-2-1-6-10-20-22-24-25-23-20/h3-5,8-9,11-12,18-19,27H,1,6,10,13-16H2,(H,22,23,24,25)/b12-11+. The fourth-order valence-electron chi connectivity index (χ4n) is 3.06.